The number of carbonyl (C=O) groups excluding carboxylic acids is 2. The van der Waals surface area contributed by atoms with Crippen LogP contribution in [-0.4, -0.2) is 24.6 Å². The number of ether oxygens (including phenoxy) is 2. The van der Waals surface area contributed by atoms with Crippen LogP contribution < -0.4 is 10.1 Å². The van der Waals surface area contributed by atoms with Gasteiger partial charge in [-0.25, -0.2) is 4.79 Å². The monoisotopic (exact) mass is 338 g/mol. The molecular formula is C19H18N2O4. The minimum Gasteiger partial charge on any atom is -0.481 e. The third-order valence-corrected chi connectivity index (χ3v) is 3.33. The molecule has 1 atom stereocenters. The molecule has 25 heavy (non-hydrogen) atoms. The molecule has 0 fully saturated rings. The lowest BCUT2D eigenvalue weighted by molar-refractivity contribution is -0.122. The minimum atomic E-state index is -0.732. The van der Waals surface area contributed by atoms with E-state index in [1.165, 1.54) is 0 Å². The van der Waals surface area contributed by atoms with Crippen LogP contribution in [0.2, 0.25) is 0 Å². The highest BCUT2D eigenvalue weighted by Gasteiger charge is 2.15. The number of amides is 1. The SMILES string of the molecule is CCOC(=O)c1ccc(OC(C)C(=O)Nc2ccc(C#N)cc2)cc1. The maximum Gasteiger partial charge on any atom is 0.338 e. The highest BCUT2D eigenvalue weighted by atomic mass is 16.5. The summed E-state index contributed by atoms with van der Waals surface area (Å²) in [7, 11) is 0. The van der Waals surface area contributed by atoms with E-state index in [0.29, 0.717) is 29.2 Å². The van der Waals surface area contributed by atoms with Crippen molar-refractivity contribution in [2.45, 2.75) is 20.0 Å². The van der Waals surface area contributed by atoms with Gasteiger partial charge in [0, 0.05) is 5.69 Å². The molecule has 2 aromatic carbocycles. The second-order valence-electron chi connectivity index (χ2n) is 5.18. The minimum absolute atomic E-state index is 0.309. The number of benzene rings is 2. The Hall–Kier alpha value is -3.33. The lowest BCUT2D eigenvalue weighted by Crippen LogP contribution is -2.30. The van der Waals surface area contributed by atoms with Crippen LogP contribution in [0, 0.1) is 11.3 Å². The van der Waals surface area contributed by atoms with E-state index in [1.807, 2.05) is 6.07 Å². The van der Waals surface area contributed by atoms with Crippen molar-refractivity contribution in [1.29, 1.82) is 5.26 Å². The van der Waals surface area contributed by atoms with Crippen LogP contribution in [0.5, 0.6) is 5.75 Å². The van der Waals surface area contributed by atoms with Crippen LogP contribution in [0.25, 0.3) is 0 Å². The average molecular weight is 338 g/mol. The summed E-state index contributed by atoms with van der Waals surface area (Å²) < 4.78 is 10.5. The molecule has 1 unspecified atom stereocenters. The Labute approximate surface area is 146 Å². The second-order valence-corrected chi connectivity index (χ2v) is 5.18. The van der Waals surface area contributed by atoms with Gasteiger partial charge in [0.15, 0.2) is 6.10 Å². The number of carbonyl (C=O) groups is 2. The van der Waals surface area contributed by atoms with E-state index in [-0.39, 0.29) is 5.91 Å². The van der Waals surface area contributed by atoms with Crippen molar-refractivity contribution >= 4 is 17.6 Å². The summed E-state index contributed by atoms with van der Waals surface area (Å²) in [6.45, 7) is 3.67. The van der Waals surface area contributed by atoms with Gasteiger partial charge in [0.2, 0.25) is 0 Å². The van der Waals surface area contributed by atoms with E-state index in [4.69, 9.17) is 14.7 Å². The summed E-state index contributed by atoms with van der Waals surface area (Å²) in [4.78, 5) is 23.7. The summed E-state index contributed by atoms with van der Waals surface area (Å²) in [6.07, 6.45) is -0.732. The van der Waals surface area contributed by atoms with E-state index >= 15 is 0 Å². The molecule has 1 N–H and O–H groups in total. The van der Waals surface area contributed by atoms with E-state index in [2.05, 4.69) is 5.32 Å². The lowest BCUT2D eigenvalue weighted by atomic mass is 10.2. The molecular weight excluding hydrogens is 320 g/mol. The summed E-state index contributed by atoms with van der Waals surface area (Å²) in [5, 5.41) is 11.5. The number of rotatable bonds is 6. The fourth-order valence-corrected chi connectivity index (χ4v) is 2.01. The Kier molecular flexibility index (Phi) is 6.13. The number of esters is 1. The zero-order chi connectivity index (χ0) is 18.2. The van der Waals surface area contributed by atoms with Gasteiger partial charge >= 0.3 is 5.97 Å². The van der Waals surface area contributed by atoms with Crippen molar-refractivity contribution in [3.63, 3.8) is 0 Å². The molecule has 0 saturated carbocycles. The topological polar surface area (TPSA) is 88.4 Å². The van der Waals surface area contributed by atoms with E-state index in [1.54, 1.807) is 62.4 Å². The molecule has 2 aromatic rings. The molecule has 6 nitrogen and oxygen atoms in total. The van der Waals surface area contributed by atoms with Gasteiger partial charge in [0.25, 0.3) is 5.91 Å². The van der Waals surface area contributed by atoms with Gasteiger partial charge in [-0.1, -0.05) is 0 Å². The van der Waals surface area contributed by atoms with Crippen molar-refractivity contribution in [2.75, 3.05) is 11.9 Å². The molecule has 1 amide bonds. The van der Waals surface area contributed by atoms with Gasteiger partial charge in [0.1, 0.15) is 5.75 Å². The van der Waals surface area contributed by atoms with Crippen molar-refractivity contribution in [2.24, 2.45) is 0 Å². The smallest absolute Gasteiger partial charge is 0.338 e. The Bertz CT molecular complexity index is 777. The first-order valence-corrected chi connectivity index (χ1v) is 7.78. The molecule has 6 heteroatoms. The Morgan fingerprint density at radius 2 is 1.76 bits per heavy atom. The van der Waals surface area contributed by atoms with Gasteiger partial charge in [-0.05, 0) is 62.4 Å². The van der Waals surface area contributed by atoms with Crippen molar-refractivity contribution in [1.82, 2.24) is 0 Å². The molecule has 0 aliphatic heterocycles. The van der Waals surface area contributed by atoms with E-state index < -0.39 is 12.1 Å². The zero-order valence-electron chi connectivity index (χ0n) is 14.0. The van der Waals surface area contributed by atoms with Gasteiger partial charge in [-0.3, -0.25) is 4.79 Å². The quantitative estimate of drug-likeness (QED) is 0.818. The first-order chi connectivity index (χ1) is 12.0. The molecule has 0 spiro atoms. The summed E-state index contributed by atoms with van der Waals surface area (Å²) in [5.74, 6) is -0.254. The molecule has 0 aromatic heterocycles. The number of nitriles is 1. The number of hydrogen-bond acceptors (Lipinski definition) is 5. The van der Waals surface area contributed by atoms with Crippen molar-refractivity contribution < 1.29 is 19.1 Å². The maximum absolute atomic E-state index is 12.2. The molecule has 0 aliphatic rings. The molecule has 0 saturated heterocycles. The number of nitrogens with zero attached hydrogens (tertiary/aromatic N) is 1. The van der Waals surface area contributed by atoms with Gasteiger partial charge < -0.3 is 14.8 Å². The largest absolute Gasteiger partial charge is 0.481 e. The normalized spacial score (nSPS) is 11.1. The van der Waals surface area contributed by atoms with Crippen LogP contribution in [0.15, 0.2) is 48.5 Å². The molecule has 2 rings (SSSR count). The lowest BCUT2D eigenvalue weighted by Gasteiger charge is -2.15. The second kappa shape index (κ2) is 8.50. The molecule has 0 bridgehead atoms. The molecule has 128 valence electrons. The van der Waals surface area contributed by atoms with Gasteiger partial charge in [0.05, 0.1) is 23.8 Å². The fourth-order valence-electron chi connectivity index (χ4n) is 2.01. The number of nitrogens with one attached hydrogen (secondary N) is 1. The Morgan fingerprint density at radius 1 is 1.12 bits per heavy atom. The van der Waals surface area contributed by atoms with Crippen LogP contribution >= 0.6 is 0 Å². The van der Waals surface area contributed by atoms with Crippen LogP contribution in [0.4, 0.5) is 5.69 Å². The van der Waals surface area contributed by atoms with Crippen molar-refractivity contribution in [3.05, 3.63) is 59.7 Å². The molecule has 0 radical (unpaired) electrons. The fraction of sp³-hybridized carbons (Fsp3) is 0.211. The third-order valence-electron chi connectivity index (χ3n) is 3.33. The predicted molar refractivity (Wildman–Crippen MR) is 92.3 cm³/mol. The summed E-state index contributed by atoms with van der Waals surface area (Å²) >= 11 is 0. The summed E-state index contributed by atoms with van der Waals surface area (Å²) in [5.41, 5.74) is 1.52. The molecule has 0 aliphatic carbocycles. The first-order valence-electron chi connectivity index (χ1n) is 7.78. The van der Waals surface area contributed by atoms with Crippen LogP contribution in [0.3, 0.4) is 0 Å². The Morgan fingerprint density at radius 3 is 2.32 bits per heavy atom. The number of anilines is 1. The third kappa shape index (κ3) is 5.08. The Balaban J connectivity index is 1.93. The van der Waals surface area contributed by atoms with Crippen LogP contribution in [-0.2, 0) is 9.53 Å². The zero-order valence-corrected chi connectivity index (χ0v) is 14.0. The predicted octanol–water partition coefficient (Wildman–Crippen LogP) is 3.14. The first kappa shape index (κ1) is 18.0. The van der Waals surface area contributed by atoms with Gasteiger partial charge in [-0.15, -0.1) is 0 Å². The van der Waals surface area contributed by atoms with Crippen molar-refractivity contribution in [3.8, 4) is 11.8 Å². The number of hydrogen-bond donors (Lipinski definition) is 1. The highest BCUT2D eigenvalue weighted by molar-refractivity contribution is 5.94. The summed E-state index contributed by atoms with van der Waals surface area (Å²) in [6, 6.07) is 14.9. The van der Waals surface area contributed by atoms with Crippen LogP contribution in [0.1, 0.15) is 29.8 Å². The van der Waals surface area contributed by atoms with E-state index in [9.17, 15) is 9.59 Å². The standard InChI is InChI=1S/C19H18N2O4/c1-3-24-19(23)15-6-10-17(11-7-15)25-13(2)18(22)21-16-8-4-14(12-20)5-9-16/h4-11,13H,3H2,1-2H3,(H,21,22). The highest BCUT2D eigenvalue weighted by Crippen LogP contribution is 2.16. The maximum atomic E-state index is 12.2. The van der Waals surface area contributed by atoms with Gasteiger partial charge in [-0.2, -0.15) is 5.26 Å². The van der Waals surface area contributed by atoms with E-state index in [0.717, 1.165) is 0 Å². The molecule has 0 heterocycles. The average Bonchev–Trinajstić information content (AvgIpc) is 2.63.